The minimum atomic E-state index is -0.839. The third kappa shape index (κ3) is 5.73. The van der Waals surface area contributed by atoms with Crippen LogP contribution in [-0.4, -0.2) is 39.1 Å². The van der Waals surface area contributed by atoms with Crippen LogP contribution in [-0.2, 0) is 20.9 Å². The summed E-state index contributed by atoms with van der Waals surface area (Å²) in [5.41, 5.74) is 1.60. The Labute approximate surface area is 174 Å². The normalized spacial score (nSPS) is 12.5. The van der Waals surface area contributed by atoms with Crippen LogP contribution in [0, 0.1) is 0 Å². The Morgan fingerprint density at radius 3 is 2.80 bits per heavy atom. The minimum absolute atomic E-state index is 0.00115. The number of hydrogen-bond donors (Lipinski definition) is 1. The number of rotatable bonds is 8. The van der Waals surface area contributed by atoms with E-state index in [2.05, 4.69) is 29.5 Å². The van der Waals surface area contributed by atoms with Gasteiger partial charge in [0.15, 0.2) is 0 Å². The molecule has 0 aliphatic heterocycles. The van der Waals surface area contributed by atoms with E-state index in [9.17, 15) is 14.4 Å². The molecule has 30 heavy (non-hydrogen) atoms. The van der Waals surface area contributed by atoms with Crippen LogP contribution in [0.5, 0.6) is 0 Å². The van der Waals surface area contributed by atoms with Gasteiger partial charge in [-0.2, -0.15) is 0 Å². The average molecular weight is 430 g/mol. The van der Waals surface area contributed by atoms with Gasteiger partial charge in [-0.15, -0.1) is 5.10 Å². The summed E-state index contributed by atoms with van der Waals surface area (Å²) in [6.07, 6.45) is 0.909. The predicted octanol–water partition coefficient (Wildman–Crippen LogP) is 1.52. The van der Waals surface area contributed by atoms with E-state index in [0.29, 0.717) is 30.8 Å². The molecule has 0 saturated heterocycles. The Morgan fingerprint density at radius 2 is 2.07 bits per heavy atom. The van der Waals surface area contributed by atoms with Gasteiger partial charge in [0.1, 0.15) is 23.7 Å². The fourth-order valence-electron chi connectivity index (χ4n) is 2.97. The Kier molecular flexibility index (Phi) is 6.95. The number of ether oxygens (including phenoxy) is 1. The van der Waals surface area contributed by atoms with Crippen LogP contribution in [0.2, 0.25) is 0 Å². The second kappa shape index (κ2) is 9.63. The number of esters is 1. The molecule has 10 heteroatoms. The van der Waals surface area contributed by atoms with Crippen LogP contribution >= 0.6 is 8.58 Å². The lowest BCUT2D eigenvalue weighted by Gasteiger charge is -2.19. The van der Waals surface area contributed by atoms with Gasteiger partial charge in [0.05, 0.1) is 12.7 Å². The van der Waals surface area contributed by atoms with Crippen LogP contribution in [0.1, 0.15) is 32.4 Å². The molecule has 0 spiro atoms. The number of amides is 1. The van der Waals surface area contributed by atoms with Gasteiger partial charge in [0, 0.05) is 23.9 Å². The molecule has 9 nitrogen and oxygen atoms in total. The molecule has 2 unspecified atom stereocenters. The summed E-state index contributed by atoms with van der Waals surface area (Å²) in [7, 11) is 0.520. The number of hydrogen-bond acceptors (Lipinski definition) is 7. The first-order valence-electron chi connectivity index (χ1n) is 9.45. The van der Waals surface area contributed by atoms with E-state index in [1.807, 2.05) is 0 Å². The van der Waals surface area contributed by atoms with Gasteiger partial charge in [-0.1, -0.05) is 45.8 Å². The Hall–Kier alpha value is -3.06. The van der Waals surface area contributed by atoms with Crippen LogP contribution in [0.3, 0.4) is 0 Å². The number of nitrogens with zero attached hydrogens (tertiary/aromatic N) is 3. The summed E-state index contributed by atoms with van der Waals surface area (Å²) < 4.78 is 12.0. The molecule has 0 radical (unpaired) electrons. The van der Waals surface area contributed by atoms with E-state index in [4.69, 9.17) is 9.15 Å². The lowest BCUT2D eigenvalue weighted by Crippen LogP contribution is -2.33. The van der Waals surface area contributed by atoms with E-state index < -0.39 is 17.7 Å². The largest absolute Gasteiger partial charge is 0.456 e. The van der Waals surface area contributed by atoms with Gasteiger partial charge < -0.3 is 14.5 Å². The zero-order valence-electron chi connectivity index (χ0n) is 16.9. The number of aromatic nitrogens is 3. The molecule has 158 valence electrons. The van der Waals surface area contributed by atoms with Crippen molar-refractivity contribution in [2.24, 2.45) is 0 Å². The Bertz CT molecular complexity index is 1110. The third-order valence-corrected chi connectivity index (χ3v) is 5.20. The molecule has 0 aliphatic rings. The summed E-state index contributed by atoms with van der Waals surface area (Å²) in [5, 5.41) is 11.4. The third-order valence-electron chi connectivity index (χ3n) is 4.10. The molecular weight excluding hydrogens is 407 g/mol. The quantitative estimate of drug-likeness (QED) is 0.327. The standard InChI is InChI=1S/C20H23N4O5P/c1-12(2)30-19-11-24(23-22-19)10-18(26)21-9-17(28-13(3)25)15-8-20(27)29-16-7-5-4-6-14(15)16/h4-8,11-12,17,30H,9-10H2,1-3H3,(H,21,26). The first-order valence-corrected chi connectivity index (χ1v) is 10.5. The Morgan fingerprint density at radius 1 is 1.30 bits per heavy atom. The van der Waals surface area contributed by atoms with Crippen molar-refractivity contribution < 1.29 is 18.7 Å². The molecule has 1 aromatic carbocycles. The van der Waals surface area contributed by atoms with Crippen molar-refractivity contribution in [3.05, 3.63) is 52.5 Å². The lowest BCUT2D eigenvalue weighted by molar-refractivity contribution is -0.147. The summed E-state index contributed by atoms with van der Waals surface area (Å²) >= 11 is 0. The number of fused-ring (bicyclic) bond motifs is 1. The topological polar surface area (TPSA) is 116 Å². The minimum Gasteiger partial charge on any atom is -0.456 e. The maximum absolute atomic E-state index is 12.4. The van der Waals surface area contributed by atoms with Crippen LogP contribution in [0.25, 0.3) is 11.0 Å². The first kappa shape index (κ1) is 21.6. The number of para-hydroxylation sites is 1. The van der Waals surface area contributed by atoms with Gasteiger partial charge in [0.25, 0.3) is 0 Å². The summed E-state index contributed by atoms with van der Waals surface area (Å²) in [5.74, 6) is -0.842. The number of carbonyl (C=O) groups excluding carboxylic acids is 2. The van der Waals surface area contributed by atoms with Crippen molar-refractivity contribution >= 4 is 36.9 Å². The van der Waals surface area contributed by atoms with Crippen molar-refractivity contribution in [1.82, 2.24) is 20.3 Å². The highest BCUT2D eigenvalue weighted by Gasteiger charge is 2.20. The molecule has 1 N–H and O–H groups in total. The maximum Gasteiger partial charge on any atom is 0.336 e. The predicted molar refractivity (Wildman–Crippen MR) is 113 cm³/mol. The number of carbonyl (C=O) groups is 2. The highest BCUT2D eigenvalue weighted by Crippen LogP contribution is 2.25. The zero-order valence-corrected chi connectivity index (χ0v) is 17.9. The van der Waals surface area contributed by atoms with E-state index in [1.165, 1.54) is 17.7 Å². The van der Waals surface area contributed by atoms with E-state index in [-0.39, 0.29) is 19.0 Å². The molecule has 0 bridgehead atoms. The van der Waals surface area contributed by atoms with Gasteiger partial charge in [-0.25, -0.2) is 9.48 Å². The Balaban J connectivity index is 1.73. The van der Waals surface area contributed by atoms with Gasteiger partial charge in [-0.3, -0.25) is 9.59 Å². The smallest absolute Gasteiger partial charge is 0.336 e. The van der Waals surface area contributed by atoms with Gasteiger partial charge >= 0.3 is 11.6 Å². The second-order valence-electron chi connectivity index (χ2n) is 7.02. The molecule has 3 rings (SSSR count). The lowest BCUT2D eigenvalue weighted by atomic mass is 10.0. The zero-order chi connectivity index (χ0) is 21.7. The van der Waals surface area contributed by atoms with E-state index >= 15 is 0 Å². The number of benzene rings is 1. The summed E-state index contributed by atoms with van der Waals surface area (Å²) in [6, 6.07) is 8.22. The fraction of sp³-hybridized carbons (Fsp3) is 0.350. The molecule has 2 atom stereocenters. The highest BCUT2D eigenvalue weighted by molar-refractivity contribution is 7.47. The molecular formula is C20H23N4O5P. The number of nitrogens with one attached hydrogen (secondary N) is 1. The van der Waals surface area contributed by atoms with E-state index in [0.717, 1.165) is 5.44 Å². The van der Waals surface area contributed by atoms with Crippen LogP contribution in [0.4, 0.5) is 0 Å². The van der Waals surface area contributed by atoms with Crippen LogP contribution in [0.15, 0.2) is 45.7 Å². The van der Waals surface area contributed by atoms with E-state index in [1.54, 1.807) is 30.5 Å². The van der Waals surface area contributed by atoms with Crippen molar-refractivity contribution in [2.45, 2.75) is 39.1 Å². The van der Waals surface area contributed by atoms with Crippen molar-refractivity contribution in [1.29, 1.82) is 0 Å². The van der Waals surface area contributed by atoms with Crippen molar-refractivity contribution in [3.8, 4) is 0 Å². The van der Waals surface area contributed by atoms with Gasteiger partial charge in [0.2, 0.25) is 5.91 Å². The summed E-state index contributed by atoms with van der Waals surface area (Å²) in [6.45, 7) is 5.44. The fourth-order valence-corrected chi connectivity index (χ4v) is 3.88. The molecule has 0 fully saturated rings. The molecule has 1 amide bonds. The molecule has 2 aromatic heterocycles. The molecule has 3 aromatic rings. The summed E-state index contributed by atoms with van der Waals surface area (Å²) in [4.78, 5) is 35.9. The highest BCUT2D eigenvalue weighted by atomic mass is 31.1. The van der Waals surface area contributed by atoms with Crippen molar-refractivity contribution in [3.63, 3.8) is 0 Å². The molecule has 0 aliphatic carbocycles. The average Bonchev–Trinajstić information content (AvgIpc) is 3.10. The molecule has 2 heterocycles. The molecule has 0 saturated carbocycles. The second-order valence-corrected chi connectivity index (χ2v) is 8.98. The van der Waals surface area contributed by atoms with Crippen molar-refractivity contribution in [2.75, 3.05) is 6.54 Å². The SMILES string of the molecule is CC(=O)OC(CNC(=O)Cn1cc(PC(C)C)nn1)c1cc(=O)oc2ccccc12. The van der Waals surface area contributed by atoms with Gasteiger partial charge in [-0.05, 0) is 11.7 Å². The van der Waals surface area contributed by atoms with Crippen LogP contribution < -0.4 is 16.4 Å². The first-order chi connectivity index (χ1) is 14.3. The monoisotopic (exact) mass is 430 g/mol. The maximum atomic E-state index is 12.4.